The molecule has 1 atom stereocenters. The van der Waals surface area contributed by atoms with Crippen molar-refractivity contribution in [1.82, 2.24) is 35.3 Å². The molecular formula is C21H25N7O2S. The second kappa shape index (κ2) is 9.88. The summed E-state index contributed by atoms with van der Waals surface area (Å²) in [6.45, 7) is 4.36. The summed E-state index contributed by atoms with van der Waals surface area (Å²) in [7, 11) is 1.65. The normalized spacial score (nSPS) is 17.7. The number of aromatic nitrogens is 6. The largest absolute Gasteiger partial charge is 0.497 e. The molecule has 4 rings (SSSR count). The van der Waals surface area contributed by atoms with Gasteiger partial charge in [0.05, 0.1) is 19.3 Å². The first-order chi connectivity index (χ1) is 15.1. The van der Waals surface area contributed by atoms with Crippen molar-refractivity contribution in [2.24, 2.45) is 0 Å². The first-order valence-electron chi connectivity index (χ1n) is 10.1. The molecule has 9 nitrogen and oxygen atoms in total. The Bertz CT molecular complexity index is 1060. The molecule has 0 radical (unpaired) electrons. The summed E-state index contributed by atoms with van der Waals surface area (Å²) < 4.78 is 8.80. The molecule has 0 amide bonds. The summed E-state index contributed by atoms with van der Waals surface area (Å²) in [5.74, 6) is 1.54. The zero-order chi connectivity index (χ0) is 21.6. The molecule has 31 heavy (non-hydrogen) atoms. The van der Waals surface area contributed by atoms with E-state index in [2.05, 4.69) is 32.0 Å². The highest BCUT2D eigenvalue weighted by Crippen LogP contribution is 2.26. The number of rotatable bonds is 7. The van der Waals surface area contributed by atoms with Crippen molar-refractivity contribution in [3.63, 3.8) is 0 Å². The van der Waals surface area contributed by atoms with Crippen molar-refractivity contribution in [2.45, 2.75) is 31.7 Å². The van der Waals surface area contributed by atoms with E-state index in [1.54, 1.807) is 18.7 Å². The number of nitrogens with one attached hydrogen (secondary N) is 1. The SMILES string of the molecule is COc1ccc(Cn2nnnc2Cn2ccc(C=C3CNCCC3SC(C)=O)n2)cc1. The maximum Gasteiger partial charge on any atom is 0.186 e. The third-order valence-corrected chi connectivity index (χ3v) is 6.18. The van der Waals surface area contributed by atoms with Crippen LogP contribution in [0.1, 0.15) is 30.4 Å². The Morgan fingerprint density at radius 2 is 2.13 bits per heavy atom. The number of carbonyl (C=O) groups is 1. The van der Waals surface area contributed by atoms with E-state index in [1.165, 1.54) is 17.3 Å². The van der Waals surface area contributed by atoms with Crippen LogP contribution in [0, 0.1) is 0 Å². The van der Waals surface area contributed by atoms with E-state index in [9.17, 15) is 4.79 Å². The van der Waals surface area contributed by atoms with Crippen LogP contribution in [0.4, 0.5) is 0 Å². The summed E-state index contributed by atoms with van der Waals surface area (Å²) in [6.07, 6.45) is 4.93. The molecule has 10 heteroatoms. The van der Waals surface area contributed by atoms with Crippen molar-refractivity contribution in [1.29, 1.82) is 0 Å². The minimum atomic E-state index is 0.145. The van der Waals surface area contributed by atoms with E-state index in [0.29, 0.717) is 13.1 Å². The number of benzene rings is 1. The van der Waals surface area contributed by atoms with Crippen molar-refractivity contribution >= 4 is 23.0 Å². The highest BCUT2D eigenvalue weighted by molar-refractivity contribution is 8.14. The van der Waals surface area contributed by atoms with E-state index in [-0.39, 0.29) is 10.4 Å². The Balaban J connectivity index is 1.44. The second-order valence-electron chi connectivity index (χ2n) is 7.32. The lowest BCUT2D eigenvalue weighted by molar-refractivity contribution is -0.109. The number of hydrogen-bond donors (Lipinski definition) is 1. The van der Waals surface area contributed by atoms with Gasteiger partial charge >= 0.3 is 0 Å². The standard InChI is InChI=1S/C21H25N7O2S/c1-15(29)31-20-7-9-22-12-17(20)11-18-8-10-27(24-18)14-21-23-25-26-28(21)13-16-3-5-19(30-2)6-4-16/h3-6,8,10-11,20,22H,7,9,12-14H2,1-2H3. The molecule has 0 aliphatic carbocycles. The van der Waals surface area contributed by atoms with Crippen LogP contribution in [0.2, 0.25) is 0 Å². The van der Waals surface area contributed by atoms with E-state index in [1.807, 2.05) is 41.2 Å². The molecule has 2 aromatic heterocycles. The zero-order valence-electron chi connectivity index (χ0n) is 17.6. The molecule has 3 heterocycles. The van der Waals surface area contributed by atoms with Gasteiger partial charge in [0.25, 0.3) is 0 Å². The number of nitrogens with zero attached hydrogens (tertiary/aromatic N) is 6. The van der Waals surface area contributed by atoms with Gasteiger partial charge in [0.1, 0.15) is 12.3 Å². The number of ether oxygens (including phenoxy) is 1. The minimum Gasteiger partial charge on any atom is -0.497 e. The summed E-state index contributed by atoms with van der Waals surface area (Å²) in [5, 5.41) is 20.5. The van der Waals surface area contributed by atoms with Crippen molar-refractivity contribution in [2.75, 3.05) is 20.2 Å². The van der Waals surface area contributed by atoms with Gasteiger partial charge < -0.3 is 10.1 Å². The maximum absolute atomic E-state index is 11.6. The quantitative estimate of drug-likeness (QED) is 0.597. The number of tetrazole rings is 1. The van der Waals surface area contributed by atoms with Crippen molar-refractivity contribution in [3.05, 3.63) is 59.2 Å². The monoisotopic (exact) mass is 439 g/mol. The van der Waals surface area contributed by atoms with Crippen LogP contribution in [-0.2, 0) is 17.9 Å². The van der Waals surface area contributed by atoms with Gasteiger partial charge in [-0.05, 0) is 58.8 Å². The van der Waals surface area contributed by atoms with Crippen molar-refractivity contribution in [3.8, 4) is 5.75 Å². The molecule has 1 aliphatic heterocycles. The Morgan fingerprint density at radius 3 is 2.90 bits per heavy atom. The third-order valence-electron chi connectivity index (χ3n) is 5.03. The molecule has 1 saturated heterocycles. The second-order valence-corrected chi connectivity index (χ2v) is 8.70. The lowest BCUT2D eigenvalue weighted by Gasteiger charge is -2.24. The number of thioether (sulfide) groups is 1. The summed E-state index contributed by atoms with van der Waals surface area (Å²) >= 11 is 1.40. The van der Waals surface area contributed by atoms with Gasteiger partial charge in [-0.3, -0.25) is 9.48 Å². The van der Waals surface area contributed by atoms with Gasteiger partial charge in [-0.15, -0.1) is 5.10 Å². The molecule has 1 aromatic carbocycles. The van der Waals surface area contributed by atoms with Crippen LogP contribution in [0.5, 0.6) is 5.75 Å². The summed E-state index contributed by atoms with van der Waals surface area (Å²) in [5.41, 5.74) is 3.14. The average molecular weight is 440 g/mol. The number of carbonyl (C=O) groups excluding carboxylic acids is 1. The lowest BCUT2D eigenvalue weighted by Crippen LogP contribution is -2.32. The van der Waals surface area contributed by atoms with E-state index >= 15 is 0 Å². The van der Waals surface area contributed by atoms with Gasteiger partial charge in [-0.2, -0.15) is 5.10 Å². The first-order valence-corrected chi connectivity index (χ1v) is 11.0. The molecular weight excluding hydrogens is 414 g/mol. The predicted molar refractivity (Wildman–Crippen MR) is 119 cm³/mol. The Labute approximate surface area is 184 Å². The van der Waals surface area contributed by atoms with Crippen LogP contribution < -0.4 is 10.1 Å². The smallest absolute Gasteiger partial charge is 0.186 e. The topological polar surface area (TPSA) is 99.7 Å². The van der Waals surface area contributed by atoms with Gasteiger partial charge in [-0.25, -0.2) is 4.68 Å². The highest BCUT2D eigenvalue weighted by atomic mass is 32.2. The molecule has 0 saturated carbocycles. The zero-order valence-corrected chi connectivity index (χ0v) is 18.4. The Hall–Kier alpha value is -2.98. The number of hydrogen-bond acceptors (Lipinski definition) is 8. The van der Waals surface area contributed by atoms with Crippen LogP contribution >= 0.6 is 11.8 Å². The molecule has 1 aliphatic rings. The molecule has 0 spiro atoms. The minimum absolute atomic E-state index is 0.145. The van der Waals surface area contributed by atoms with E-state index in [0.717, 1.165) is 42.3 Å². The lowest BCUT2D eigenvalue weighted by atomic mass is 10.0. The maximum atomic E-state index is 11.6. The Kier molecular flexibility index (Phi) is 6.78. The average Bonchev–Trinajstić information content (AvgIpc) is 3.39. The van der Waals surface area contributed by atoms with E-state index < -0.39 is 0 Å². The highest BCUT2D eigenvalue weighted by Gasteiger charge is 2.21. The molecule has 1 fully saturated rings. The van der Waals surface area contributed by atoms with Gasteiger partial charge in [0.15, 0.2) is 10.9 Å². The van der Waals surface area contributed by atoms with Gasteiger partial charge in [0.2, 0.25) is 0 Å². The van der Waals surface area contributed by atoms with Crippen LogP contribution in [0.25, 0.3) is 6.08 Å². The number of methoxy groups -OCH3 is 1. The molecule has 0 bridgehead atoms. The fraction of sp³-hybridized carbons (Fsp3) is 0.381. The van der Waals surface area contributed by atoms with Gasteiger partial charge in [0, 0.05) is 24.9 Å². The Morgan fingerprint density at radius 1 is 1.29 bits per heavy atom. The molecule has 3 aromatic rings. The summed E-state index contributed by atoms with van der Waals surface area (Å²) in [6, 6.07) is 9.80. The molecule has 162 valence electrons. The summed E-state index contributed by atoms with van der Waals surface area (Å²) in [4.78, 5) is 11.6. The van der Waals surface area contributed by atoms with E-state index in [4.69, 9.17) is 4.74 Å². The van der Waals surface area contributed by atoms with Crippen LogP contribution in [-0.4, -0.2) is 60.6 Å². The van der Waals surface area contributed by atoms with Gasteiger partial charge in [-0.1, -0.05) is 23.9 Å². The van der Waals surface area contributed by atoms with Crippen LogP contribution in [0.3, 0.4) is 0 Å². The van der Waals surface area contributed by atoms with Crippen LogP contribution in [0.15, 0.2) is 42.1 Å². The third kappa shape index (κ3) is 5.59. The van der Waals surface area contributed by atoms with Crippen molar-refractivity contribution < 1.29 is 9.53 Å². The fourth-order valence-corrected chi connectivity index (χ4v) is 4.42. The predicted octanol–water partition coefficient (Wildman–Crippen LogP) is 2.00. The number of piperidine rings is 1. The first kappa shape index (κ1) is 21.3. The molecule has 1 N–H and O–H groups in total. The fourth-order valence-electron chi connectivity index (χ4n) is 3.48. The molecule has 1 unspecified atom stereocenters.